The van der Waals surface area contributed by atoms with Crippen LogP contribution in [0.2, 0.25) is 5.02 Å². The Morgan fingerprint density at radius 2 is 2.00 bits per heavy atom. The summed E-state index contributed by atoms with van der Waals surface area (Å²) >= 11 is 6.16. The molecule has 1 aromatic carbocycles. The van der Waals surface area contributed by atoms with Crippen LogP contribution in [0.15, 0.2) is 12.1 Å². The number of halogens is 1. The summed E-state index contributed by atoms with van der Waals surface area (Å²) in [6.07, 6.45) is 0. The monoisotopic (exact) mass is 198 g/mol. The van der Waals surface area contributed by atoms with E-state index in [1.807, 2.05) is 19.1 Å². The molecule has 0 fully saturated rings. The minimum atomic E-state index is 0.0630. The van der Waals surface area contributed by atoms with Crippen LogP contribution < -0.4 is 0 Å². The van der Waals surface area contributed by atoms with Gasteiger partial charge >= 0.3 is 0 Å². The number of benzene rings is 1. The van der Waals surface area contributed by atoms with E-state index in [2.05, 4.69) is 13.8 Å². The van der Waals surface area contributed by atoms with Crippen molar-refractivity contribution in [3.8, 4) is 0 Å². The van der Waals surface area contributed by atoms with Crippen LogP contribution in [0.25, 0.3) is 0 Å². The van der Waals surface area contributed by atoms with Gasteiger partial charge in [0.05, 0.1) is 6.61 Å². The fourth-order valence-corrected chi connectivity index (χ4v) is 1.91. The largest absolute Gasteiger partial charge is 0.392 e. The molecule has 72 valence electrons. The molecule has 0 amide bonds. The van der Waals surface area contributed by atoms with E-state index in [0.29, 0.717) is 5.92 Å². The lowest BCUT2D eigenvalue weighted by Crippen LogP contribution is -1.98. The Hall–Kier alpha value is -0.530. The highest BCUT2D eigenvalue weighted by atomic mass is 35.5. The van der Waals surface area contributed by atoms with Gasteiger partial charge in [0.2, 0.25) is 0 Å². The van der Waals surface area contributed by atoms with Crippen molar-refractivity contribution < 1.29 is 5.11 Å². The van der Waals surface area contributed by atoms with Crippen LogP contribution in [-0.2, 0) is 6.61 Å². The predicted molar refractivity (Wildman–Crippen MR) is 56.2 cm³/mol. The van der Waals surface area contributed by atoms with E-state index in [4.69, 9.17) is 16.7 Å². The SMILES string of the molecule is Cc1ccc(CO)c(C(C)C)c1Cl. The molecule has 0 aromatic heterocycles. The van der Waals surface area contributed by atoms with Crippen LogP contribution in [0.3, 0.4) is 0 Å². The first-order chi connectivity index (χ1) is 6.07. The standard InChI is InChI=1S/C11H15ClO/c1-7(2)10-9(6-13)5-4-8(3)11(10)12/h4-5,7,13H,6H2,1-3H3. The summed E-state index contributed by atoms with van der Waals surface area (Å²) in [6, 6.07) is 3.89. The summed E-state index contributed by atoms with van der Waals surface area (Å²) in [6.45, 7) is 6.21. The molecule has 0 radical (unpaired) electrons. The first-order valence-electron chi connectivity index (χ1n) is 4.46. The van der Waals surface area contributed by atoms with Gasteiger partial charge in [0.25, 0.3) is 0 Å². The molecular weight excluding hydrogens is 184 g/mol. The summed E-state index contributed by atoms with van der Waals surface area (Å²) in [5.41, 5.74) is 3.08. The molecule has 0 aliphatic carbocycles. The van der Waals surface area contributed by atoms with Crippen molar-refractivity contribution in [2.24, 2.45) is 0 Å². The predicted octanol–water partition coefficient (Wildman–Crippen LogP) is 3.26. The van der Waals surface area contributed by atoms with E-state index in [0.717, 1.165) is 21.7 Å². The maximum absolute atomic E-state index is 9.12. The molecule has 0 saturated heterocycles. The zero-order valence-corrected chi connectivity index (χ0v) is 9.02. The molecule has 1 N–H and O–H groups in total. The molecule has 0 aliphatic rings. The van der Waals surface area contributed by atoms with Gasteiger partial charge in [0.15, 0.2) is 0 Å². The van der Waals surface area contributed by atoms with Crippen LogP contribution in [0, 0.1) is 6.92 Å². The lowest BCUT2D eigenvalue weighted by molar-refractivity contribution is 0.280. The van der Waals surface area contributed by atoms with Crippen molar-refractivity contribution in [1.82, 2.24) is 0 Å². The number of hydrogen-bond acceptors (Lipinski definition) is 1. The first kappa shape index (κ1) is 10.6. The summed E-state index contributed by atoms with van der Waals surface area (Å²) in [7, 11) is 0. The highest BCUT2D eigenvalue weighted by Crippen LogP contribution is 2.30. The molecule has 0 saturated carbocycles. The maximum atomic E-state index is 9.12. The highest BCUT2D eigenvalue weighted by Gasteiger charge is 2.11. The Kier molecular flexibility index (Phi) is 3.34. The van der Waals surface area contributed by atoms with E-state index in [1.165, 1.54) is 0 Å². The van der Waals surface area contributed by atoms with E-state index < -0.39 is 0 Å². The fraction of sp³-hybridized carbons (Fsp3) is 0.455. The maximum Gasteiger partial charge on any atom is 0.0685 e. The Morgan fingerprint density at radius 3 is 2.46 bits per heavy atom. The second-order valence-corrected chi connectivity index (χ2v) is 3.96. The number of hydrogen-bond donors (Lipinski definition) is 1. The van der Waals surface area contributed by atoms with Crippen LogP contribution in [0.4, 0.5) is 0 Å². The van der Waals surface area contributed by atoms with Gasteiger partial charge < -0.3 is 5.11 Å². The van der Waals surface area contributed by atoms with Gasteiger partial charge in [-0.1, -0.05) is 37.6 Å². The van der Waals surface area contributed by atoms with Gasteiger partial charge in [-0.3, -0.25) is 0 Å². The van der Waals surface area contributed by atoms with Crippen LogP contribution in [-0.4, -0.2) is 5.11 Å². The Balaban J connectivity index is 3.32. The quantitative estimate of drug-likeness (QED) is 0.774. The van der Waals surface area contributed by atoms with Crippen LogP contribution >= 0.6 is 11.6 Å². The van der Waals surface area contributed by atoms with Gasteiger partial charge in [0.1, 0.15) is 0 Å². The second-order valence-electron chi connectivity index (χ2n) is 3.58. The van der Waals surface area contributed by atoms with Crippen molar-refractivity contribution in [2.45, 2.75) is 33.3 Å². The lowest BCUT2D eigenvalue weighted by atomic mass is 9.95. The molecule has 0 atom stereocenters. The minimum absolute atomic E-state index is 0.0630. The third-order valence-electron chi connectivity index (χ3n) is 2.21. The van der Waals surface area contributed by atoms with Crippen LogP contribution in [0.5, 0.6) is 0 Å². The van der Waals surface area contributed by atoms with Gasteiger partial charge in [-0.15, -0.1) is 0 Å². The lowest BCUT2D eigenvalue weighted by Gasteiger charge is -2.14. The topological polar surface area (TPSA) is 20.2 Å². The van der Waals surface area contributed by atoms with Crippen molar-refractivity contribution in [1.29, 1.82) is 0 Å². The smallest absolute Gasteiger partial charge is 0.0685 e. The van der Waals surface area contributed by atoms with E-state index >= 15 is 0 Å². The van der Waals surface area contributed by atoms with Gasteiger partial charge in [0, 0.05) is 5.02 Å². The van der Waals surface area contributed by atoms with Crippen molar-refractivity contribution in [2.75, 3.05) is 0 Å². The molecule has 2 heteroatoms. The van der Waals surface area contributed by atoms with Gasteiger partial charge in [-0.2, -0.15) is 0 Å². The number of aliphatic hydroxyl groups excluding tert-OH is 1. The van der Waals surface area contributed by atoms with E-state index in [9.17, 15) is 0 Å². The Labute approximate surface area is 84.4 Å². The third-order valence-corrected chi connectivity index (χ3v) is 2.71. The average molecular weight is 199 g/mol. The molecule has 0 unspecified atom stereocenters. The summed E-state index contributed by atoms with van der Waals surface area (Å²) in [4.78, 5) is 0. The summed E-state index contributed by atoms with van der Waals surface area (Å²) in [5, 5.41) is 9.92. The number of aryl methyl sites for hydroxylation is 1. The van der Waals surface area contributed by atoms with E-state index in [-0.39, 0.29) is 6.61 Å². The minimum Gasteiger partial charge on any atom is -0.392 e. The molecule has 0 aliphatic heterocycles. The molecule has 0 spiro atoms. The van der Waals surface area contributed by atoms with Crippen molar-refractivity contribution in [3.05, 3.63) is 33.8 Å². The molecular formula is C11H15ClO. The van der Waals surface area contributed by atoms with Crippen molar-refractivity contribution in [3.63, 3.8) is 0 Å². The Morgan fingerprint density at radius 1 is 1.38 bits per heavy atom. The van der Waals surface area contributed by atoms with Gasteiger partial charge in [-0.05, 0) is 29.5 Å². The van der Waals surface area contributed by atoms with Gasteiger partial charge in [-0.25, -0.2) is 0 Å². The summed E-state index contributed by atoms with van der Waals surface area (Å²) < 4.78 is 0. The first-order valence-corrected chi connectivity index (χ1v) is 4.84. The molecule has 0 heterocycles. The average Bonchev–Trinajstić information content (AvgIpc) is 2.08. The zero-order valence-electron chi connectivity index (χ0n) is 8.26. The van der Waals surface area contributed by atoms with Crippen LogP contribution in [0.1, 0.15) is 36.5 Å². The highest BCUT2D eigenvalue weighted by molar-refractivity contribution is 6.32. The fourth-order valence-electron chi connectivity index (χ4n) is 1.50. The molecule has 1 aromatic rings. The number of aliphatic hydroxyl groups is 1. The summed E-state index contributed by atoms with van der Waals surface area (Å²) in [5.74, 6) is 0.356. The number of rotatable bonds is 2. The zero-order chi connectivity index (χ0) is 10.0. The van der Waals surface area contributed by atoms with Crippen molar-refractivity contribution >= 4 is 11.6 Å². The molecule has 13 heavy (non-hydrogen) atoms. The third kappa shape index (κ3) is 2.04. The normalized spacial score (nSPS) is 10.9. The second kappa shape index (κ2) is 4.12. The molecule has 1 nitrogen and oxygen atoms in total. The van der Waals surface area contributed by atoms with E-state index in [1.54, 1.807) is 0 Å². The molecule has 0 bridgehead atoms. The Bertz CT molecular complexity index is 305. The molecule has 1 rings (SSSR count).